The molecule has 0 saturated carbocycles. The second-order valence-corrected chi connectivity index (χ2v) is 3.50. The Morgan fingerprint density at radius 3 is 3.08 bits per heavy atom. The highest BCUT2D eigenvalue weighted by molar-refractivity contribution is 9.10. The Morgan fingerprint density at radius 2 is 2.31 bits per heavy atom. The molecule has 1 aliphatic rings. The molecule has 0 amide bonds. The standard InChI is InChI=1S/C8H8BrNO3/c9-6-1-5(3-10-11)2-7-8(6)13-4-12-7/h1-2,10-11H,3-4H2. The molecule has 5 heteroatoms. The molecule has 0 fully saturated rings. The number of benzene rings is 1. The SMILES string of the molecule is ONCc1cc(Br)c2c(c1)OCO2. The lowest BCUT2D eigenvalue weighted by Gasteiger charge is -2.03. The first-order chi connectivity index (χ1) is 6.31. The van der Waals surface area contributed by atoms with Gasteiger partial charge in [0.05, 0.1) is 4.47 Å². The topological polar surface area (TPSA) is 50.7 Å². The van der Waals surface area contributed by atoms with Crippen molar-refractivity contribution in [1.29, 1.82) is 0 Å². The number of halogens is 1. The van der Waals surface area contributed by atoms with Crippen LogP contribution in [0.4, 0.5) is 0 Å². The quantitative estimate of drug-likeness (QED) is 0.779. The number of fused-ring (bicyclic) bond motifs is 1. The van der Waals surface area contributed by atoms with E-state index in [0.29, 0.717) is 12.3 Å². The summed E-state index contributed by atoms with van der Waals surface area (Å²) >= 11 is 3.35. The van der Waals surface area contributed by atoms with Crippen molar-refractivity contribution in [3.05, 3.63) is 22.2 Å². The van der Waals surface area contributed by atoms with Crippen LogP contribution in [-0.4, -0.2) is 12.0 Å². The highest BCUT2D eigenvalue weighted by atomic mass is 79.9. The van der Waals surface area contributed by atoms with Crippen LogP contribution in [0.5, 0.6) is 11.5 Å². The van der Waals surface area contributed by atoms with Crippen LogP contribution in [0.1, 0.15) is 5.56 Å². The summed E-state index contributed by atoms with van der Waals surface area (Å²) in [6, 6.07) is 3.70. The van der Waals surface area contributed by atoms with Crippen LogP contribution in [-0.2, 0) is 6.54 Å². The van der Waals surface area contributed by atoms with Gasteiger partial charge in [0, 0.05) is 6.54 Å². The smallest absolute Gasteiger partial charge is 0.231 e. The van der Waals surface area contributed by atoms with E-state index in [-0.39, 0.29) is 6.79 Å². The lowest BCUT2D eigenvalue weighted by Crippen LogP contribution is -2.05. The monoisotopic (exact) mass is 245 g/mol. The van der Waals surface area contributed by atoms with Crippen molar-refractivity contribution in [1.82, 2.24) is 5.48 Å². The molecular formula is C8H8BrNO3. The fourth-order valence-electron chi connectivity index (χ4n) is 1.21. The zero-order valence-electron chi connectivity index (χ0n) is 6.71. The number of rotatable bonds is 2. The molecule has 0 saturated heterocycles. The van der Waals surface area contributed by atoms with Gasteiger partial charge in [0.2, 0.25) is 6.79 Å². The first kappa shape index (κ1) is 8.80. The molecule has 4 nitrogen and oxygen atoms in total. The second-order valence-electron chi connectivity index (χ2n) is 2.65. The van der Waals surface area contributed by atoms with Crippen LogP contribution in [0.25, 0.3) is 0 Å². The van der Waals surface area contributed by atoms with Crippen molar-refractivity contribution in [3.63, 3.8) is 0 Å². The number of ether oxygens (including phenoxy) is 2. The van der Waals surface area contributed by atoms with E-state index >= 15 is 0 Å². The molecule has 2 rings (SSSR count). The zero-order chi connectivity index (χ0) is 9.26. The lowest BCUT2D eigenvalue weighted by atomic mass is 10.2. The maximum absolute atomic E-state index is 8.52. The van der Waals surface area contributed by atoms with Crippen molar-refractivity contribution >= 4 is 15.9 Å². The summed E-state index contributed by atoms with van der Waals surface area (Å²) in [6.45, 7) is 0.638. The van der Waals surface area contributed by atoms with Gasteiger partial charge in [-0.05, 0) is 33.6 Å². The molecular weight excluding hydrogens is 238 g/mol. The number of hydroxylamine groups is 1. The van der Waals surface area contributed by atoms with Crippen molar-refractivity contribution < 1.29 is 14.7 Å². The van der Waals surface area contributed by atoms with Crippen molar-refractivity contribution in [2.24, 2.45) is 0 Å². The largest absolute Gasteiger partial charge is 0.454 e. The van der Waals surface area contributed by atoms with Gasteiger partial charge in [0.15, 0.2) is 11.5 Å². The van der Waals surface area contributed by atoms with Crippen molar-refractivity contribution in [2.45, 2.75) is 6.54 Å². The third-order valence-electron chi connectivity index (χ3n) is 1.77. The van der Waals surface area contributed by atoms with E-state index < -0.39 is 0 Å². The fourth-order valence-corrected chi connectivity index (χ4v) is 1.82. The Bertz CT molecular complexity index is 329. The lowest BCUT2D eigenvalue weighted by molar-refractivity contribution is 0.161. The molecule has 0 atom stereocenters. The maximum Gasteiger partial charge on any atom is 0.231 e. The summed E-state index contributed by atoms with van der Waals surface area (Å²) < 4.78 is 11.3. The highest BCUT2D eigenvalue weighted by Gasteiger charge is 2.17. The molecule has 0 unspecified atom stereocenters. The number of hydrogen-bond donors (Lipinski definition) is 2. The summed E-state index contributed by atoms with van der Waals surface area (Å²) in [6.07, 6.45) is 0. The molecule has 70 valence electrons. The molecule has 1 aromatic rings. The van der Waals surface area contributed by atoms with Gasteiger partial charge in [0.25, 0.3) is 0 Å². The van der Waals surface area contributed by atoms with Crippen LogP contribution in [0.2, 0.25) is 0 Å². The predicted molar refractivity (Wildman–Crippen MR) is 48.9 cm³/mol. The molecule has 1 aromatic carbocycles. The summed E-state index contributed by atoms with van der Waals surface area (Å²) in [5.74, 6) is 1.43. The van der Waals surface area contributed by atoms with E-state index in [9.17, 15) is 0 Å². The first-order valence-electron chi connectivity index (χ1n) is 3.76. The van der Waals surface area contributed by atoms with E-state index in [0.717, 1.165) is 15.8 Å². The summed E-state index contributed by atoms with van der Waals surface area (Å²) in [5, 5.41) is 8.52. The Morgan fingerprint density at radius 1 is 1.46 bits per heavy atom. The number of hydrogen-bond acceptors (Lipinski definition) is 4. The van der Waals surface area contributed by atoms with Crippen LogP contribution >= 0.6 is 15.9 Å². The summed E-state index contributed by atoms with van der Waals surface area (Å²) in [5.41, 5.74) is 3.01. The Labute approximate surface area is 83.5 Å². The van der Waals surface area contributed by atoms with Gasteiger partial charge in [-0.15, -0.1) is 0 Å². The van der Waals surface area contributed by atoms with Gasteiger partial charge < -0.3 is 14.7 Å². The van der Waals surface area contributed by atoms with Crippen LogP contribution in [0.15, 0.2) is 16.6 Å². The van der Waals surface area contributed by atoms with E-state index in [1.807, 2.05) is 12.1 Å². The van der Waals surface area contributed by atoms with Gasteiger partial charge in [0.1, 0.15) is 0 Å². The molecule has 2 N–H and O–H groups in total. The normalized spacial score (nSPS) is 13.4. The van der Waals surface area contributed by atoms with Gasteiger partial charge in [-0.3, -0.25) is 0 Å². The number of nitrogens with one attached hydrogen (secondary N) is 1. The molecule has 13 heavy (non-hydrogen) atoms. The molecule has 1 heterocycles. The molecule has 0 aromatic heterocycles. The fraction of sp³-hybridized carbons (Fsp3) is 0.250. The Hall–Kier alpha value is -0.780. The summed E-state index contributed by atoms with van der Waals surface area (Å²) in [4.78, 5) is 0. The minimum atomic E-state index is 0.254. The van der Waals surface area contributed by atoms with Crippen LogP contribution in [0, 0.1) is 0 Å². The zero-order valence-corrected chi connectivity index (χ0v) is 8.30. The second kappa shape index (κ2) is 3.53. The Balaban J connectivity index is 2.37. The molecule has 0 radical (unpaired) electrons. The molecule has 0 aliphatic carbocycles. The van der Waals surface area contributed by atoms with Gasteiger partial charge in [-0.1, -0.05) is 0 Å². The van der Waals surface area contributed by atoms with Crippen LogP contribution in [0.3, 0.4) is 0 Å². The van der Waals surface area contributed by atoms with E-state index in [1.54, 1.807) is 0 Å². The third-order valence-corrected chi connectivity index (χ3v) is 2.36. The average Bonchev–Trinajstić information content (AvgIpc) is 2.53. The highest BCUT2D eigenvalue weighted by Crippen LogP contribution is 2.39. The summed E-state index contributed by atoms with van der Waals surface area (Å²) in [7, 11) is 0. The Kier molecular flexibility index (Phi) is 2.39. The maximum atomic E-state index is 8.52. The average molecular weight is 246 g/mol. The van der Waals surface area contributed by atoms with Gasteiger partial charge in [-0.2, -0.15) is 0 Å². The van der Waals surface area contributed by atoms with Crippen molar-refractivity contribution in [3.8, 4) is 11.5 Å². The van der Waals surface area contributed by atoms with E-state index in [2.05, 4.69) is 21.4 Å². The van der Waals surface area contributed by atoms with Crippen molar-refractivity contribution in [2.75, 3.05) is 6.79 Å². The minimum Gasteiger partial charge on any atom is -0.454 e. The van der Waals surface area contributed by atoms with E-state index in [1.165, 1.54) is 0 Å². The molecule has 0 spiro atoms. The van der Waals surface area contributed by atoms with Crippen LogP contribution < -0.4 is 15.0 Å². The van der Waals surface area contributed by atoms with Gasteiger partial charge in [-0.25, -0.2) is 5.48 Å². The molecule has 0 bridgehead atoms. The first-order valence-corrected chi connectivity index (χ1v) is 4.55. The van der Waals surface area contributed by atoms with Gasteiger partial charge >= 0.3 is 0 Å². The molecule has 1 aliphatic heterocycles. The minimum absolute atomic E-state index is 0.254. The third kappa shape index (κ3) is 1.63. The predicted octanol–water partition coefficient (Wildman–Crippen LogP) is 1.66. The van der Waals surface area contributed by atoms with E-state index in [4.69, 9.17) is 14.7 Å².